The molecule has 204 valence electrons. The highest BCUT2D eigenvalue weighted by molar-refractivity contribution is 6.30. The lowest BCUT2D eigenvalue weighted by atomic mass is 9.90. The van der Waals surface area contributed by atoms with E-state index in [4.69, 9.17) is 25.8 Å². The van der Waals surface area contributed by atoms with Crippen molar-refractivity contribution in [1.29, 1.82) is 0 Å². The molecule has 0 amide bonds. The van der Waals surface area contributed by atoms with Crippen LogP contribution >= 0.6 is 11.6 Å². The third-order valence-corrected chi connectivity index (χ3v) is 7.81. The third kappa shape index (κ3) is 4.86. The number of benzene rings is 1. The number of carbonyl (C=O) groups is 1. The maximum Gasteiger partial charge on any atom is 0.326 e. The predicted octanol–water partition coefficient (Wildman–Crippen LogP) is 3.00. The fraction of sp³-hybridized carbons (Fsp3) is 0.444. The van der Waals surface area contributed by atoms with Gasteiger partial charge in [0.25, 0.3) is 0 Å². The van der Waals surface area contributed by atoms with Crippen LogP contribution in [0.25, 0.3) is 11.4 Å². The van der Waals surface area contributed by atoms with E-state index in [2.05, 4.69) is 31.8 Å². The van der Waals surface area contributed by atoms with E-state index in [0.29, 0.717) is 54.9 Å². The second-order valence-electron chi connectivity index (χ2n) is 10.1. The number of halogens is 1. The molecule has 6 rings (SSSR count). The molecular formula is C27H29ClN6O5. The summed E-state index contributed by atoms with van der Waals surface area (Å²) in [4.78, 5) is 34.2. The van der Waals surface area contributed by atoms with Gasteiger partial charge in [-0.25, -0.2) is 14.8 Å². The number of nitrogens with zero attached hydrogens (tertiary/aromatic N) is 6. The van der Waals surface area contributed by atoms with Crippen LogP contribution in [0.15, 0.2) is 42.6 Å². The van der Waals surface area contributed by atoms with E-state index in [1.165, 1.54) is 6.20 Å². The van der Waals surface area contributed by atoms with Gasteiger partial charge in [-0.15, -0.1) is 0 Å². The van der Waals surface area contributed by atoms with Crippen molar-refractivity contribution in [2.75, 3.05) is 42.7 Å². The van der Waals surface area contributed by atoms with E-state index in [1.54, 1.807) is 11.8 Å². The fourth-order valence-corrected chi connectivity index (χ4v) is 5.58. The van der Waals surface area contributed by atoms with Crippen molar-refractivity contribution >= 4 is 29.2 Å². The van der Waals surface area contributed by atoms with Gasteiger partial charge in [0.05, 0.1) is 37.4 Å². The summed E-state index contributed by atoms with van der Waals surface area (Å²) in [6.07, 6.45) is 1.31. The first-order valence-corrected chi connectivity index (χ1v) is 13.3. The Morgan fingerprint density at radius 2 is 1.97 bits per heavy atom. The number of carboxylic acid groups (broad SMARTS) is 1. The van der Waals surface area contributed by atoms with Gasteiger partial charge in [0, 0.05) is 24.7 Å². The second kappa shape index (κ2) is 10.2. The minimum absolute atomic E-state index is 0.0130. The third-order valence-electron chi connectivity index (χ3n) is 7.60. The van der Waals surface area contributed by atoms with Crippen LogP contribution in [0.3, 0.4) is 0 Å². The number of ether oxygens (including phenoxy) is 3. The van der Waals surface area contributed by atoms with Gasteiger partial charge in [0.1, 0.15) is 29.3 Å². The van der Waals surface area contributed by atoms with Crippen molar-refractivity contribution in [2.45, 2.75) is 44.1 Å². The minimum atomic E-state index is -0.974. The van der Waals surface area contributed by atoms with Crippen molar-refractivity contribution in [3.8, 4) is 17.3 Å². The lowest BCUT2D eigenvalue weighted by molar-refractivity contribution is -0.228. The Bertz CT molecular complexity index is 1370. The summed E-state index contributed by atoms with van der Waals surface area (Å²) in [5.74, 6) is 0.723. The zero-order valence-corrected chi connectivity index (χ0v) is 22.4. The van der Waals surface area contributed by atoms with Crippen molar-refractivity contribution in [3.05, 3.63) is 53.4 Å². The van der Waals surface area contributed by atoms with Crippen LogP contribution in [0, 0.1) is 6.92 Å². The van der Waals surface area contributed by atoms with Crippen LogP contribution in [0.2, 0.25) is 5.02 Å². The van der Waals surface area contributed by atoms with Crippen LogP contribution in [0.1, 0.15) is 19.2 Å². The molecule has 12 heteroatoms. The number of pyridine rings is 1. The number of anilines is 2. The van der Waals surface area contributed by atoms with E-state index in [9.17, 15) is 9.90 Å². The number of hydrogen-bond acceptors (Lipinski definition) is 10. The smallest absolute Gasteiger partial charge is 0.326 e. The molecule has 1 aromatic carbocycles. The normalized spacial score (nSPS) is 24.0. The minimum Gasteiger partial charge on any atom is -0.480 e. The summed E-state index contributed by atoms with van der Waals surface area (Å²) in [5, 5.41) is 10.6. The first-order chi connectivity index (χ1) is 18.8. The average molecular weight is 553 g/mol. The first-order valence-electron chi connectivity index (χ1n) is 12.9. The number of carboxylic acids is 1. The van der Waals surface area contributed by atoms with E-state index >= 15 is 0 Å². The Kier molecular flexibility index (Phi) is 6.74. The van der Waals surface area contributed by atoms with E-state index in [1.807, 2.05) is 36.4 Å². The molecule has 3 atom stereocenters. The number of aliphatic carboxylic acids is 1. The molecule has 3 aliphatic rings. The molecule has 39 heavy (non-hydrogen) atoms. The zero-order chi connectivity index (χ0) is 27.1. The molecule has 0 bridgehead atoms. The van der Waals surface area contributed by atoms with Crippen molar-refractivity contribution in [3.63, 3.8) is 0 Å². The predicted molar refractivity (Wildman–Crippen MR) is 143 cm³/mol. The monoisotopic (exact) mass is 552 g/mol. The summed E-state index contributed by atoms with van der Waals surface area (Å²) in [7, 11) is 0. The van der Waals surface area contributed by atoms with Crippen LogP contribution in [0.5, 0.6) is 5.88 Å². The number of morpholine rings is 1. The van der Waals surface area contributed by atoms with Crippen LogP contribution in [-0.4, -0.2) is 87.7 Å². The van der Waals surface area contributed by atoms with Crippen LogP contribution in [-0.2, 0) is 14.3 Å². The van der Waals surface area contributed by atoms with Crippen molar-refractivity contribution < 1.29 is 24.1 Å². The van der Waals surface area contributed by atoms with E-state index in [-0.39, 0.29) is 24.6 Å². The quantitative estimate of drug-likeness (QED) is 0.485. The van der Waals surface area contributed by atoms with Crippen LogP contribution in [0.4, 0.5) is 11.6 Å². The van der Waals surface area contributed by atoms with Crippen LogP contribution < -0.4 is 14.5 Å². The highest BCUT2D eigenvalue weighted by atomic mass is 35.5. The Hall–Kier alpha value is -3.54. The Labute approximate surface area is 230 Å². The van der Waals surface area contributed by atoms with Gasteiger partial charge in [0.15, 0.2) is 5.82 Å². The molecule has 0 saturated carbocycles. The summed E-state index contributed by atoms with van der Waals surface area (Å²) in [5.41, 5.74) is 1.20. The van der Waals surface area contributed by atoms with E-state index < -0.39 is 18.1 Å². The van der Waals surface area contributed by atoms with E-state index in [0.717, 1.165) is 11.3 Å². The molecule has 1 spiro atoms. The van der Waals surface area contributed by atoms with Gasteiger partial charge >= 0.3 is 5.97 Å². The lowest BCUT2D eigenvalue weighted by Gasteiger charge is -2.53. The topological polar surface area (TPSA) is 123 Å². The highest BCUT2D eigenvalue weighted by Crippen LogP contribution is 2.40. The zero-order valence-electron chi connectivity index (χ0n) is 21.7. The lowest BCUT2D eigenvalue weighted by Crippen LogP contribution is -2.68. The summed E-state index contributed by atoms with van der Waals surface area (Å²) >= 11 is 6.36. The largest absolute Gasteiger partial charge is 0.480 e. The molecular weight excluding hydrogens is 524 g/mol. The second-order valence-corrected chi connectivity index (χ2v) is 10.5. The molecule has 3 aliphatic heterocycles. The van der Waals surface area contributed by atoms with Gasteiger partial charge in [-0.05, 0) is 19.9 Å². The Morgan fingerprint density at radius 3 is 2.69 bits per heavy atom. The highest BCUT2D eigenvalue weighted by Gasteiger charge is 2.50. The maximum absolute atomic E-state index is 12.3. The number of aromatic nitrogens is 4. The summed E-state index contributed by atoms with van der Waals surface area (Å²) < 4.78 is 17.9. The van der Waals surface area contributed by atoms with Crippen molar-refractivity contribution in [2.24, 2.45) is 0 Å². The molecule has 2 aromatic heterocycles. The maximum atomic E-state index is 12.3. The van der Waals surface area contributed by atoms with Crippen molar-refractivity contribution in [1.82, 2.24) is 19.9 Å². The molecule has 0 unspecified atom stereocenters. The van der Waals surface area contributed by atoms with Gasteiger partial charge in [0.2, 0.25) is 11.8 Å². The fourth-order valence-electron chi connectivity index (χ4n) is 5.42. The molecule has 0 aliphatic carbocycles. The Balaban J connectivity index is 1.27. The SMILES string of the molecule is Cc1nc(-c2ccccc2)nc(N2C[C@@H](Oc3ncc(Cl)cc3N3CCOC4(COC4)[C@@H]3C)C[C@H]2C(=O)O)n1. The number of rotatable bonds is 6. The van der Waals surface area contributed by atoms with Gasteiger partial charge in [-0.1, -0.05) is 41.9 Å². The number of hydrogen-bond donors (Lipinski definition) is 1. The molecule has 5 heterocycles. The average Bonchev–Trinajstić information content (AvgIpc) is 3.34. The molecule has 3 aromatic rings. The molecule has 3 saturated heterocycles. The summed E-state index contributed by atoms with van der Waals surface area (Å²) in [6, 6.07) is 10.5. The molecule has 11 nitrogen and oxygen atoms in total. The van der Waals surface area contributed by atoms with Gasteiger partial charge in [-0.3, -0.25) is 0 Å². The molecule has 0 radical (unpaired) electrons. The summed E-state index contributed by atoms with van der Waals surface area (Å²) in [6.45, 7) is 6.38. The molecule has 3 fully saturated rings. The standard InChI is InChI=1S/C27H29ClN6O5/c1-16-27(14-37-15-27)38-9-8-33(16)21-10-19(28)12-29-24(21)39-20-11-22(25(35)36)34(13-20)26-31-17(2)30-23(32-26)18-6-4-3-5-7-18/h3-7,10,12,16,20,22H,8-9,11,13-15H2,1-2H3,(H,35,36)/t16-,20-,22-/m0/s1. The van der Waals surface area contributed by atoms with Gasteiger partial charge in [-0.2, -0.15) is 9.97 Å². The first kappa shape index (κ1) is 25.7. The number of aryl methyl sites for hydroxylation is 1. The van der Waals surface area contributed by atoms with Gasteiger partial charge < -0.3 is 29.1 Å². The Morgan fingerprint density at radius 1 is 1.18 bits per heavy atom. The molecule has 1 N–H and O–H groups in total.